The van der Waals surface area contributed by atoms with Crippen molar-refractivity contribution in [2.75, 3.05) is 27.3 Å². The molecule has 4 nitrogen and oxygen atoms in total. The topological polar surface area (TPSA) is 38.8 Å². The van der Waals surface area contributed by atoms with Gasteiger partial charge in [-0.2, -0.15) is 0 Å². The summed E-state index contributed by atoms with van der Waals surface area (Å²) >= 11 is 0. The smallest absolute Gasteiger partial charge is 0.319 e. The Morgan fingerprint density at radius 1 is 1.31 bits per heavy atom. The van der Waals surface area contributed by atoms with Crippen molar-refractivity contribution in [2.24, 2.45) is 0 Å². The normalized spacial score (nSPS) is 12.2. The molecule has 0 bridgehead atoms. The maximum atomic E-state index is 11.2. The van der Waals surface area contributed by atoms with Crippen LogP contribution in [0.5, 0.6) is 0 Å². The summed E-state index contributed by atoms with van der Waals surface area (Å²) < 4.78 is 10.0. The summed E-state index contributed by atoms with van der Waals surface area (Å²) in [6, 6.07) is 0.326. The van der Waals surface area contributed by atoms with Crippen molar-refractivity contribution in [3.63, 3.8) is 0 Å². The molecule has 0 rings (SSSR count). The Kier molecular flexibility index (Phi) is 6.60. The summed E-state index contributed by atoms with van der Waals surface area (Å²) in [5.41, 5.74) is -0.150. The van der Waals surface area contributed by atoms with E-state index in [4.69, 9.17) is 4.74 Å². The molecule has 96 valence electrons. The molecule has 16 heavy (non-hydrogen) atoms. The van der Waals surface area contributed by atoms with Gasteiger partial charge in [-0.3, -0.25) is 9.69 Å². The van der Waals surface area contributed by atoms with Crippen molar-refractivity contribution >= 4 is 5.97 Å². The molecule has 0 unspecified atom stereocenters. The summed E-state index contributed by atoms with van der Waals surface area (Å²) in [5.74, 6) is -0.191. The van der Waals surface area contributed by atoms with Crippen LogP contribution < -0.4 is 0 Å². The van der Waals surface area contributed by atoms with Crippen LogP contribution in [0.2, 0.25) is 0 Å². The quantitative estimate of drug-likeness (QED) is 0.625. The zero-order valence-electron chi connectivity index (χ0n) is 11.4. The minimum absolute atomic E-state index is 0.150. The molecule has 0 aromatic rings. The molecule has 0 aliphatic heterocycles. The molecule has 0 aliphatic carbocycles. The number of nitrogens with zero attached hydrogens (tertiary/aromatic N) is 1. The highest BCUT2D eigenvalue weighted by molar-refractivity contribution is 5.71. The molecule has 0 radical (unpaired) electrons. The number of ether oxygens (including phenoxy) is 2. The van der Waals surface area contributed by atoms with Crippen LogP contribution in [0.15, 0.2) is 0 Å². The third-order valence-electron chi connectivity index (χ3n) is 2.84. The molecule has 0 saturated heterocycles. The number of carbonyl (C=O) groups is 1. The lowest BCUT2D eigenvalue weighted by atomic mass is 10.0. The van der Waals surface area contributed by atoms with Gasteiger partial charge in [-0.15, -0.1) is 0 Å². The third kappa shape index (κ3) is 6.08. The Hall–Kier alpha value is -0.610. The van der Waals surface area contributed by atoms with E-state index in [2.05, 4.69) is 23.5 Å². The Morgan fingerprint density at radius 3 is 2.25 bits per heavy atom. The number of esters is 1. The van der Waals surface area contributed by atoms with E-state index in [1.165, 1.54) is 7.11 Å². The zero-order chi connectivity index (χ0) is 12.8. The maximum Gasteiger partial charge on any atom is 0.319 e. The first-order chi connectivity index (χ1) is 7.32. The van der Waals surface area contributed by atoms with Crippen LogP contribution >= 0.6 is 0 Å². The van der Waals surface area contributed by atoms with Crippen LogP contribution in [0.3, 0.4) is 0 Å². The first-order valence-electron chi connectivity index (χ1n) is 5.68. The van der Waals surface area contributed by atoms with Gasteiger partial charge in [-0.25, -0.2) is 0 Å². The van der Waals surface area contributed by atoms with Crippen LogP contribution in [-0.2, 0) is 14.3 Å². The lowest BCUT2D eigenvalue weighted by Crippen LogP contribution is -2.39. The van der Waals surface area contributed by atoms with E-state index in [0.29, 0.717) is 12.6 Å². The van der Waals surface area contributed by atoms with Gasteiger partial charge in [0.05, 0.1) is 19.3 Å². The molecule has 0 fully saturated rings. The summed E-state index contributed by atoms with van der Waals surface area (Å²) in [4.78, 5) is 13.3. The third-order valence-corrected chi connectivity index (χ3v) is 2.84. The molecule has 0 atom stereocenters. The maximum absolute atomic E-state index is 11.2. The highest BCUT2D eigenvalue weighted by Gasteiger charge is 2.20. The predicted octanol–water partition coefficient (Wildman–Crippen LogP) is 1.68. The number of hydrogen-bond acceptors (Lipinski definition) is 4. The monoisotopic (exact) mass is 231 g/mol. The van der Waals surface area contributed by atoms with Gasteiger partial charge in [0.25, 0.3) is 0 Å². The van der Waals surface area contributed by atoms with Gasteiger partial charge in [0, 0.05) is 19.7 Å². The zero-order valence-corrected chi connectivity index (χ0v) is 11.4. The minimum Gasteiger partial charge on any atom is -0.468 e. The molecule has 0 heterocycles. The first kappa shape index (κ1) is 15.4. The van der Waals surface area contributed by atoms with E-state index < -0.39 is 0 Å². The Labute approximate surface area is 98.9 Å². The van der Waals surface area contributed by atoms with Crippen LogP contribution in [-0.4, -0.2) is 49.8 Å². The van der Waals surface area contributed by atoms with Gasteiger partial charge < -0.3 is 9.47 Å². The average Bonchev–Trinajstić information content (AvgIpc) is 2.23. The lowest BCUT2D eigenvalue weighted by Gasteiger charge is -2.30. The fourth-order valence-electron chi connectivity index (χ4n) is 1.27. The van der Waals surface area contributed by atoms with Crippen LogP contribution in [0.4, 0.5) is 0 Å². The van der Waals surface area contributed by atoms with Crippen molar-refractivity contribution in [1.29, 1.82) is 0 Å². The molecule has 0 aromatic heterocycles. The van der Waals surface area contributed by atoms with Crippen LogP contribution in [0.1, 0.15) is 34.1 Å². The van der Waals surface area contributed by atoms with Crippen molar-refractivity contribution in [2.45, 2.75) is 45.8 Å². The van der Waals surface area contributed by atoms with Gasteiger partial charge in [0.15, 0.2) is 0 Å². The second-order valence-electron chi connectivity index (χ2n) is 4.85. The molecule has 0 aromatic carbocycles. The van der Waals surface area contributed by atoms with E-state index in [1.807, 2.05) is 13.8 Å². The SMILES string of the molecule is COC(=O)CN(CCC(C)(C)OC)C(C)C. The van der Waals surface area contributed by atoms with E-state index >= 15 is 0 Å². The Morgan fingerprint density at radius 2 is 1.88 bits per heavy atom. The van der Waals surface area contributed by atoms with Gasteiger partial charge in [0.2, 0.25) is 0 Å². The molecule has 0 aliphatic rings. The van der Waals surface area contributed by atoms with Gasteiger partial charge in [-0.1, -0.05) is 0 Å². The van der Waals surface area contributed by atoms with Crippen molar-refractivity contribution in [3.8, 4) is 0 Å². The standard InChI is InChI=1S/C12H25NO3/c1-10(2)13(9-11(14)15-5)8-7-12(3,4)16-6/h10H,7-9H2,1-6H3. The fourth-order valence-corrected chi connectivity index (χ4v) is 1.27. The molecular formula is C12H25NO3. The van der Waals surface area contributed by atoms with Crippen molar-refractivity contribution in [3.05, 3.63) is 0 Å². The van der Waals surface area contributed by atoms with Crippen molar-refractivity contribution < 1.29 is 14.3 Å². The van der Waals surface area contributed by atoms with E-state index in [0.717, 1.165) is 13.0 Å². The number of methoxy groups -OCH3 is 2. The fraction of sp³-hybridized carbons (Fsp3) is 0.917. The summed E-state index contributed by atoms with van der Waals surface area (Å²) in [6.45, 7) is 9.40. The molecule has 0 spiro atoms. The van der Waals surface area contributed by atoms with E-state index in [-0.39, 0.29) is 11.6 Å². The second kappa shape index (κ2) is 6.86. The predicted molar refractivity (Wildman–Crippen MR) is 64.4 cm³/mol. The van der Waals surface area contributed by atoms with Crippen molar-refractivity contribution in [1.82, 2.24) is 4.90 Å². The molecule has 0 saturated carbocycles. The summed E-state index contributed by atoms with van der Waals surface area (Å²) in [6.07, 6.45) is 0.888. The van der Waals surface area contributed by atoms with Crippen LogP contribution in [0, 0.1) is 0 Å². The first-order valence-corrected chi connectivity index (χ1v) is 5.68. The van der Waals surface area contributed by atoms with Crippen LogP contribution in [0.25, 0.3) is 0 Å². The molecule has 0 amide bonds. The lowest BCUT2D eigenvalue weighted by molar-refractivity contribution is -0.142. The number of hydrogen-bond donors (Lipinski definition) is 0. The minimum atomic E-state index is -0.191. The van der Waals surface area contributed by atoms with Gasteiger partial charge >= 0.3 is 5.97 Å². The number of carbonyl (C=O) groups excluding carboxylic acids is 1. The van der Waals surface area contributed by atoms with E-state index in [9.17, 15) is 4.79 Å². The number of rotatable bonds is 7. The van der Waals surface area contributed by atoms with E-state index in [1.54, 1.807) is 7.11 Å². The van der Waals surface area contributed by atoms with Gasteiger partial charge in [0.1, 0.15) is 0 Å². The molecule has 4 heteroatoms. The molecule has 0 N–H and O–H groups in total. The van der Waals surface area contributed by atoms with Gasteiger partial charge in [-0.05, 0) is 34.1 Å². The largest absolute Gasteiger partial charge is 0.468 e. The molecular weight excluding hydrogens is 206 g/mol. The average molecular weight is 231 g/mol. The second-order valence-corrected chi connectivity index (χ2v) is 4.85. The highest BCUT2D eigenvalue weighted by Crippen LogP contribution is 2.14. The Balaban J connectivity index is 4.19. The highest BCUT2D eigenvalue weighted by atomic mass is 16.5. The Bertz CT molecular complexity index is 214. The summed E-state index contributed by atoms with van der Waals surface area (Å²) in [7, 11) is 3.12. The summed E-state index contributed by atoms with van der Waals surface area (Å²) in [5, 5.41) is 0.